The predicted octanol–water partition coefficient (Wildman–Crippen LogP) is 2.49. The average Bonchev–Trinajstić information content (AvgIpc) is 3.00. The monoisotopic (exact) mass is 318 g/mol. The molecule has 3 rings (SSSR count). The first-order chi connectivity index (χ1) is 10.6. The molecule has 0 unspecified atom stereocenters. The summed E-state index contributed by atoms with van der Waals surface area (Å²) in [6.07, 6.45) is 0.0333. The number of aromatic nitrogens is 2. The molecule has 1 atom stereocenters. The number of thiazole rings is 1. The van der Waals surface area contributed by atoms with Crippen LogP contribution in [0.5, 0.6) is 0 Å². The maximum atomic E-state index is 5.96. The van der Waals surface area contributed by atoms with Gasteiger partial charge in [0.2, 0.25) is 0 Å². The second kappa shape index (κ2) is 6.73. The van der Waals surface area contributed by atoms with Crippen molar-refractivity contribution in [2.75, 3.05) is 38.7 Å². The molecule has 6 heteroatoms. The molecule has 1 fully saturated rings. The Morgan fingerprint density at radius 2 is 2.27 bits per heavy atom. The van der Waals surface area contributed by atoms with Crippen molar-refractivity contribution in [1.29, 1.82) is 0 Å². The minimum atomic E-state index is 0.0333. The second-order valence-electron chi connectivity index (χ2n) is 5.86. The Morgan fingerprint density at radius 3 is 3.00 bits per heavy atom. The lowest BCUT2D eigenvalue weighted by molar-refractivity contribution is -0.0353. The fourth-order valence-electron chi connectivity index (χ4n) is 2.67. The van der Waals surface area contributed by atoms with Crippen molar-refractivity contribution < 1.29 is 4.74 Å². The van der Waals surface area contributed by atoms with Gasteiger partial charge in [0.1, 0.15) is 6.10 Å². The molecule has 2 aromatic rings. The molecule has 0 bridgehead atoms. The zero-order chi connectivity index (χ0) is 15.5. The van der Waals surface area contributed by atoms with Crippen LogP contribution in [0.2, 0.25) is 0 Å². The Hall–Kier alpha value is -1.50. The van der Waals surface area contributed by atoms with Crippen molar-refractivity contribution in [3.8, 4) is 0 Å². The zero-order valence-electron chi connectivity index (χ0n) is 13.3. The topological polar surface area (TPSA) is 41.5 Å². The Kier molecular flexibility index (Phi) is 4.71. The maximum absolute atomic E-state index is 5.96. The molecule has 2 aromatic heterocycles. The molecule has 0 radical (unpaired) electrons. The van der Waals surface area contributed by atoms with E-state index in [2.05, 4.69) is 51.4 Å². The van der Waals surface area contributed by atoms with E-state index in [0.717, 1.165) is 43.3 Å². The summed E-state index contributed by atoms with van der Waals surface area (Å²) in [5, 5.41) is 2.11. The fraction of sp³-hybridized carbons (Fsp3) is 0.500. The summed E-state index contributed by atoms with van der Waals surface area (Å²) in [5.41, 5.74) is 6.24. The lowest BCUT2D eigenvalue weighted by Gasteiger charge is -2.32. The molecule has 1 aliphatic rings. The Morgan fingerprint density at radius 1 is 1.41 bits per heavy atom. The quantitative estimate of drug-likeness (QED) is 0.866. The molecule has 0 aliphatic carbocycles. The number of aryl methyl sites for hydroxylation is 1. The molecule has 0 saturated carbocycles. The lowest BCUT2D eigenvalue weighted by atomic mass is 10.1. The van der Waals surface area contributed by atoms with Gasteiger partial charge < -0.3 is 9.64 Å². The van der Waals surface area contributed by atoms with Crippen molar-refractivity contribution in [2.45, 2.75) is 19.6 Å². The van der Waals surface area contributed by atoms with Gasteiger partial charge in [0.25, 0.3) is 0 Å². The molecule has 1 aliphatic heterocycles. The van der Waals surface area contributed by atoms with E-state index in [1.807, 2.05) is 12.4 Å². The first-order valence-electron chi connectivity index (χ1n) is 7.49. The molecule has 0 spiro atoms. The van der Waals surface area contributed by atoms with Gasteiger partial charge in [0.05, 0.1) is 23.5 Å². The summed E-state index contributed by atoms with van der Waals surface area (Å²) < 4.78 is 5.96. The van der Waals surface area contributed by atoms with Gasteiger partial charge in [-0.15, -0.1) is 11.3 Å². The van der Waals surface area contributed by atoms with Gasteiger partial charge in [-0.2, -0.15) is 0 Å². The minimum Gasteiger partial charge on any atom is -0.378 e. The number of nitrogens with zero attached hydrogens (tertiary/aromatic N) is 4. The molecule has 0 N–H and O–H groups in total. The number of hydrogen-bond donors (Lipinski definition) is 0. The highest BCUT2D eigenvalue weighted by Crippen LogP contribution is 2.25. The number of morpholine rings is 1. The van der Waals surface area contributed by atoms with Crippen molar-refractivity contribution in [3.05, 3.63) is 40.1 Å². The van der Waals surface area contributed by atoms with Crippen LogP contribution >= 0.6 is 11.3 Å². The normalized spacial score (nSPS) is 19.3. The molecule has 0 amide bonds. The predicted molar refractivity (Wildman–Crippen MR) is 89.4 cm³/mol. The highest BCUT2D eigenvalue weighted by Gasteiger charge is 2.24. The molecule has 1 saturated heterocycles. The van der Waals surface area contributed by atoms with Crippen LogP contribution < -0.4 is 4.90 Å². The second-order valence-corrected chi connectivity index (χ2v) is 6.58. The molecule has 22 heavy (non-hydrogen) atoms. The van der Waals surface area contributed by atoms with Crippen LogP contribution in [-0.2, 0) is 11.3 Å². The number of rotatable bonds is 4. The molecular weight excluding hydrogens is 296 g/mol. The zero-order valence-corrected chi connectivity index (χ0v) is 14.1. The van der Waals surface area contributed by atoms with E-state index in [-0.39, 0.29) is 6.10 Å². The van der Waals surface area contributed by atoms with E-state index in [0.29, 0.717) is 0 Å². The smallest absolute Gasteiger partial charge is 0.112 e. The highest BCUT2D eigenvalue weighted by molar-refractivity contribution is 7.07. The minimum absolute atomic E-state index is 0.0333. The molecule has 3 heterocycles. The van der Waals surface area contributed by atoms with E-state index in [9.17, 15) is 0 Å². The Bertz CT molecular complexity index is 615. The van der Waals surface area contributed by atoms with E-state index < -0.39 is 0 Å². The van der Waals surface area contributed by atoms with Gasteiger partial charge in [-0.1, -0.05) is 0 Å². The van der Waals surface area contributed by atoms with E-state index >= 15 is 0 Å². The first kappa shape index (κ1) is 15.4. The molecular formula is C16H22N4OS. The maximum Gasteiger partial charge on any atom is 0.112 e. The summed E-state index contributed by atoms with van der Waals surface area (Å²) in [4.78, 5) is 13.5. The lowest BCUT2D eigenvalue weighted by Crippen LogP contribution is -2.38. The summed E-state index contributed by atoms with van der Waals surface area (Å²) in [7, 11) is 4.10. The third-order valence-corrected chi connectivity index (χ3v) is 4.46. The number of anilines is 1. The number of ether oxygens (including phenoxy) is 1. The van der Waals surface area contributed by atoms with Crippen LogP contribution in [0.25, 0.3) is 0 Å². The summed E-state index contributed by atoms with van der Waals surface area (Å²) in [6, 6.07) is 4.23. The van der Waals surface area contributed by atoms with Crippen molar-refractivity contribution >= 4 is 17.0 Å². The van der Waals surface area contributed by atoms with Crippen LogP contribution in [0, 0.1) is 6.92 Å². The van der Waals surface area contributed by atoms with Crippen molar-refractivity contribution in [1.82, 2.24) is 14.9 Å². The first-order valence-corrected chi connectivity index (χ1v) is 8.43. The van der Waals surface area contributed by atoms with E-state index in [1.165, 1.54) is 5.69 Å². The third-order valence-electron chi connectivity index (χ3n) is 3.82. The van der Waals surface area contributed by atoms with Gasteiger partial charge in [0.15, 0.2) is 0 Å². The van der Waals surface area contributed by atoms with Crippen LogP contribution in [-0.4, -0.2) is 48.7 Å². The standard InChI is InChI=1S/C16H22N4OS/c1-12-6-14(19(2)3)7-15(18-12)16-9-20(4-5-21-16)8-13-10-22-11-17-13/h6-7,10-11,16H,4-5,8-9H2,1-3H3/t16-/m0/s1. The molecule has 0 aromatic carbocycles. The molecule has 5 nitrogen and oxygen atoms in total. The highest BCUT2D eigenvalue weighted by atomic mass is 32.1. The Labute approximate surface area is 135 Å². The van der Waals surface area contributed by atoms with Gasteiger partial charge >= 0.3 is 0 Å². The van der Waals surface area contributed by atoms with Crippen molar-refractivity contribution in [2.24, 2.45) is 0 Å². The largest absolute Gasteiger partial charge is 0.378 e. The summed E-state index contributed by atoms with van der Waals surface area (Å²) in [5.74, 6) is 0. The van der Waals surface area contributed by atoms with Crippen LogP contribution in [0.4, 0.5) is 5.69 Å². The van der Waals surface area contributed by atoms with Crippen molar-refractivity contribution in [3.63, 3.8) is 0 Å². The third kappa shape index (κ3) is 3.63. The van der Waals surface area contributed by atoms with Gasteiger partial charge in [0, 0.05) is 50.5 Å². The Balaban J connectivity index is 1.74. The van der Waals surface area contributed by atoms with Crippen LogP contribution in [0.15, 0.2) is 23.0 Å². The van der Waals surface area contributed by atoms with Gasteiger partial charge in [-0.05, 0) is 19.1 Å². The van der Waals surface area contributed by atoms with Gasteiger partial charge in [-0.25, -0.2) is 4.98 Å². The number of hydrogen-bond acceptors (Lipinski definition) is 6. The van der Waals surface area contributed by atoms with E-state index in [4.69, 9.17) is 4.74 Å². The van der Waals surface area contributed by atoms with Gasteiger partial charge in [-0.3, -0.25) is 9.88 Å². The summed E-state index contributed by atoms with van der Waals surface area (Å²) >= 11 is 1.65. The van der Waals surface area contributed by atoms with E-state index in [1.54, 1.807) is 11.3 Å². The fourth-order valence-corrected chi connectivity index (χ4v) is 3.22. The molecule has 118 valence electrons. The number of pyridine rings is 1. The SMILES string of the molecule is Cc1cc(N(C)C)cc([C@@H]2CN(Cc3cscn3)CCO2)n1. The average molecular weight is 318 g/mol. The summed E-state index contributed by atoms with van der Waals surface area (Å²) in [6.45, 7) is 5.46. The van der Waals surface area contributed by atoms with Crippen LogP contribution in [0.3, 0.4) is 0 Å². The van der Waals surface area contributed by atoms with Crippen LogP contribution in [0.1, 0.15) is 23.2 Å².